The van der Waals surface area contributed by atoms with Crippen LogP contribution >= 0.6 is 0 Å². The van der Waals surface area contributed by atoms with Gasteiger partial charge in [0.05, 0.1) is 24.7 Å². The van der Waals surface area contributed by atoms with Gasteiger partial charge in [-0.15, -0.1) is 0 Å². The summed E-state index contributed by atoms with van der Waals surface area (Å²) < 4.78 is 18.2. The fourth-order valence-electron chi connectivity index (χ4n) is 2.55. The molecule has 0 aliphatic carbocycles. The highest BCUT2D eigenvalue weighted by Gasteiger charge is 2.08. The number of nitrogens with one attached hydrogen (secondary N) is 2. The average molecular weight is 365 g/mol. The Morgan fingerprint density at radius 3 is 2.56 bits per heavy atom. The molecule has 5 nitrogen and oxygen atoms in total. The molecular weight excluding hydrogens is 345 g/mol. The molecule has 1 heterocycles. The van der Waals surface area contributed by atoms with E-state index in [0.29, 0.717) is 12.2 Å². The van der Waals surface area contributed by atoms with E-state index in [1.165, 1.54) is 12.1 Å². The number of aromatic nitrogens is 1. The van der Waals surface area contributed by atoms with Crippen LogP contribution in [0.1, 0.15) is 21.6 Å². The van der Waals surface area contributed by atoms with Crippen LogP contribution in [0.15, 0.2) is 60.8 Å². The van der Waals surface area contributed by atoms with Gasteiger partial charge in [0.15, 0.2) is 0 Å². The van der Waals surface area contributed by atoms with Crippen molar-refractivity contribution in [3.05, 3.63) is 83.4 Å². The van der Waals surface area contributed by atoms with E-state index in [9.17, 15) is 9.18 Å². The molecule has 1 aromatic heterocycles. The number of hydrogen-bond donors (Lipinski definition) is 2. The lowest BCUT2D eigenvalue weighted by atomic mass is 10.2. The van der Waals surface area contributed by atoms with E-state index in [1.807, 2.05) is 25.1 Å². The summed E-state index contributed by atoms with van der Waals surface area (Å²) in [6, 6.07) is 15.2. The number of ether oxygens (including phenoxy) is 1. The summed E-state index contributed by atoms with van der Waals surface area (Å²) in [6.45, 7) is 2.30. The van der Waals surface area contributed by atoms with Crippen molar-refractivity contribution in [1.82, 2.24) is 10.3 Å². The van der Waals surface area contributed by atoms with E-state index in [0.717, 1.165) is 28.3 Å². The van der Waals surface area contributed by atoms with Crippen LogP contribution in [-0.4, -0.2) is 18.0 Å². The number of carbonyl (C=O) groups excluding carboxylic acids is 1. The number of methoxy groups -OCH3 is 1. The van der Waals surface area contributed by atoms with E-state index >= 15 is 0 Å². The summed E-state index contributed by atoms with van der Waals surface area (Å²) in [4.78, 5) is 16.4. The maximum Gasteiger partial charge on any atom is 0.270 e. The van der Waals surface area contributed by atoms with Crippen molar-refractivity contribution < 1.29 is 13.9 Å². The van der Waals surface area contributed by atoms with Gasteiger partial charge in [-0.3, -0.25) is 4.79 Å². The lowest BCUT2D eigenvalue weighted by Crippen LogP contribution is -2.23. The topological polar surface area (TPSA) is 63.2 Å². The number of halogens is 1. The van der Waals surface area contributed by atoms with E-state index in [2.05, 4.69) is 15.6 Å². The second-order valence-electron chi connectivity index (χ2n) is 6.07. The third-order valence-electron chi connectivity index (χ3n) is 4.00. The third-order valence-corrected chi connectivity index (χ3v) is 4.00. The molecule has 6 heteroatoms. The van der Waals surface area contributed by atoms with Gasteiger partial charge in [-0.25, -0.2) is 9.37 Å². The van der Waals surface area contributed by atoms with Crippen LogP contribution in [0.3, 0.4) is 0 Å². The average Bonchev–Trinajstić information content (AvgIpc) is 2.68. The first-order chi connectivity index (χ1) is 13.0. The normalized spacial score (nSPS) is 10.3. The first kappa shape index (κ1) is 18.4. The number of amides is 1. The zero-order valence-corrected chi connectivity index (χ0v) is 15.1. The Labute approximate surface area is 157 Å². The SMILES string of the molecule is COc1ccc(C)cc1Nc1ccc(C(=O)NCc2ccc(F)cc2)nc1. The largest absolute Gasteiger partial charge is 0.495 e. The van der Waals surface area contributed by atoms with Crippen molar-refractivity contribution in [1.29, 1.82) is 0 Å². The van der Waals surface area contributed by atoms with Crippen molar-refractivity contribution in [3.8, 4) is 5.75 Å². The molecule has 0 atom stereocenters. The van der Waals surface area contributed by atoms with E-state index in [4.69, 9.17) is 4.74 Å². The third kappa shape index (κ3) is 4.82. The molecule has 0 radical (unpaired) electrons. The van der Waals surface area contributed by atoms with Gasteiger partial charge >= 0.3 is 0 Å². The smallest absolute Gasteiger partial charge is 0.270 e. The number of benzene rings is 2. The molecule has 3 aromatic rings. The summed E-state index contributed by atoms with van der Waals surface area (Å²) in [5, 5.41) is 6.00. The first-order valence-electron chi connectivity index (χ1n) is 8.45. The standard InChI is InChI=1S/C21H20FN3O2/c1-14-3-10-20(27-2)19(11-14)25-17-8-9-18(23-13-17)21(26)24-12-15-4-6-16(22)7-5-15/h3-11,13,25H,12H2,1-2H3,(H,24,26). The van der Waals surface area contributed by atoms with Crippen molar-refractivity contribution in [2.24, 2.45) is 0 Å². The molecule has 1 amide bonds. The van der Waals surface area contributed by atoms with Gasteiger partial charge < -0.3 is 15.4 Å². The number of pyridine rings is 1. The number of nitrogens with zero attached hydrogens (tertiary/aromatic N) is 1. The van der Waals surface area contributed by atoms with Gasteiger partial charge in [0.25, 0.3) is 5.91 Å². The fraction of sp³-hybridized carbons (Fsp3) is 0.143. The molecule has 0 aliphatic rings. The van der Waals surface area contributed by atoms with Crippen molar-refractivity contribution in [3.63, 3.8) is 0 Å². The van der Waals surface area contributed by atoms with E-state index in [1.54, 1.807) is 37.6 Å². The fourth-order valence-corrected chi connectivity index (χ4v) is 2.55. The Balaban J connectivity index is 1.63. The van der Waals surface area contributed by atoms with Crippen LogP contribution in [0.25, 0.3) is 0 Å². The minimum absolute atomic E-state index is 0.293. The summed E-state index contributed by atoms with van der Waals surface area (Å²) >= 11 is 0. The molecule has 0 fully saturated rings. The first-order valence-corrected chi connectivity index (χ1v) is 8.45. The highest BCUT2D eigenvalue weighted by molar-refractivity contribution is 5.92. The molecule has 0 aliphatic heterocycles. The molecule has 0 saturated heterocycles. The monoisotopic (exact) mass is 365 g/mol. The molecule has 27 heavy (non-hydrogen) atoms. The van der Waals surface area contributed by atoms with Crippen molar-refractivity contribution in [2.75, 3.05) is 12.4 Å². The maximum atomic E-state index is 12.9. The van der Waals surface area contributed by atoms with Crippen LogP contribution in [-0.2, 0) is 6.54 Å². The molecule has 0 saturated carbocycles. The number of rotatable bonds is 6. The number of hydrogen-bond acceptors (Lipinski definition) is 4. The van der Waals surface area contributed by atoms with Gasteiger partial charge in [0, 0.05) is 6.54 Å². The minimum atomic E-state index is -0.305. The van der Waals surface area contributed by atoms with Gasteiger partial charge in [0.2, 0.25) is 0 Å². The molecular formula is C21H20FN3O2. The lowest BCUT2D eigenvalue weighted by Gasteiger charge is -2.12. The zero-order chi connectivity index (χ0) is 19.2. The van der Waals surface area contributed by atoms with Crippen molar-refractivity contribution >= 4 is 17.3 Å². The highest BCUT2D eigenvalue weighted by atomic mass is 19.1. The van der Waals surface area contributed by atoms with Gasteiger partial charge in [0.1, 0.15) is 17.3 Å². The molecule has 0 spiro atoms. The lowest BCUT2D eigenvalue weighted by molar-refractivity contribution is 0.0946. The zero-order valence-electron chi connectivity index (χ0n) is 15.1. The molecule has 2 aromatic carbocycles. The van der Waals surface area contributed by atoms with Crippen molar-refractivity contribution in [2.45, 2.75) is 13.5 Å². The van der Waals surface area contributed by atoms with Crippen LogP contribution in [0, 0.1) is 12.7 Å². The number of anilines is 2. The Hall–Kier alpha value is -3.41. The predicted molar refractivity (Wildman–Crippen MR) is 103 cm³/mol. The Kier molecular flexibility index (Phi) is 5.66. The molecule has 3 rings (SSSR count). The molecule has 138 valence electrons. The molecule has 0 unspecified atom stereocenters. The Morgan fingerprint density at radius 1 is 1.11 bits per heavy atom. The maximum absolute atomic E-state index is 12.9. The Bertz CT molecular complexity index is 925. The summed E-state index contributed by atoms with van der Waals surface area (Å²) in [6.07, 6.45) is 1.59. The van der Waals surface area contributed by atoms with E-state index < -0.39 is 0 Å². The number of carbonyl (C=O) groups is 1. The van der Waals surface area contributed by atoms with Crippen LogP contribution in [0.4, 0.5) is 15.8 Å². The predicted octanol–water partition coefficient (Wildman–Crippen LogP) is 4.21. The van der Waals surface area contributed by atoms with Crippen LogP contribution in [0.5, 0.6) is 5.75 Å². The van der Waals surface area contributed by atoms with Crippen LogP contribution < -0.4 is 15.4 Å². The van der Waals surface area contributed by atoms with Gasteiger partial charge in [-0.1, -0.05) is 18.2 Å². The summed E-state index contributed by atoms with van der Waals surface area (Å²) in [5.74, 6) is 0.126. The summed E-state index contributed by atoms with van der Waals surface area (Å²) in [7, 11) is 1.61. The highest BCUT2D eigenvalue weighted by Crippen LogP contribution is 2.28. The minimum Gasteiger partial charge on any atom is -0.495 e. The molecule has 2 N–H and O–H groups in total. The quantitative estimate of drug-likeness (QED) is 0.687. The summed E-state index contributed by atoms with van der Waals surface area (Å²) in [5.41, 5.74) is 3.79. The second-order valence-corrected chi connectivity index (χ2v) is 6.07. The number of aryl methyl sites for hydroxylation is 1. The molecule has 0 bridgehead atoms. The Morgan fingerprint density at radius 2 is 1.89 bits per heavy atom. The van der Waals surface area contributed by atoms with Crippen LogP contribution in [0.2, 0.25) is 0 Å². The van der Waals surface area contributed by atoms with Gasteiger partial charge in [-0.2, -0.15) is 0 Å². The van der Waals surface area contributed by atoms with E-state index in [-0.39, 0.29) is 11.7 Å². The van der Waals surface area contributed by atoms with Gasteiger partial charge in [-0.05, 0) is 54.4 Å². The second kappa shape index (κ2) is 8.31.